The second kappa shape index (κ2) is 3.31. The maximum Gasteiger partial charge on any atom is 0.0890 e. The third-order valence-electron chi connectivity index (χ3n) is 2.79. The predicted molar refractivity (Wildman–Crippen MR) is 66.5 cm³/mol. The van der Waals surface area contributed by atoms with Crippen molar-refractivity contribution in [1.29, 1.82) is 0 Å². The van der Waals surface area contributed by atoms with Gasteiger partial charge in [-0.1, -0.05) is 31.2 Å². The summed E-state index contributed by atoms with van der Waals surface area (Å²) in [7, 11) is 0. The Hall–Kier alpha value is -1.41. The number of nitrogens with zero attached hydrogens (tertiary/aromatic N) is 1. The van der Waals surface area contributed by atoms with Crippen LogP contribution in [-0.2, 0) is 6.42 Å². The van der Waals surface area contributed by atoms with E-state index in [1.165, 1.54) is 21.0 Å². The van der Waals surface area contributed by atoms with Gasteiger partial charge >= 0.3 is 0 Å². The smallest absolute Gasteiger partial charge is 0.0890 e. The van der Waals surface area contributed by atoms with Gasteiger partial charge in [0, 0.05) is 5.39 Å². The van der Waals surface area contributed by atoms with Crippen molar-refractivity contribution >= 4 is 32.3 Å². The summed E-state index contributed by atoms with van der Waals surface area (Å²) < 4.78 is 1.27. The zero-order valence-electron chi connectivity index (χ0n) is 8.53. The molecule has 0 saturated carbocycles. The molecule has 0 unspecified atom stereocenters. The molecule has 0 spiro atoms. The number of hydrogen-bond donors (Lipinski definition) is 0. The molecule has 74 valence electrons. The molecular weight excluding hydrogens is 202 g/mol. The van der Waals surface area contributed by atoms with E-state index in [2.05, 4.69) is 42.2 Å². The third kappa shape index (κ3) is 1.33. The first-order valence-corrected chi connectivity index (χ1v) is 6.01. The van der Waals surface area contributed by atoms with Crippen LogP contribution in [0.5, 0.6) is 0 Å². The van der Waals surface area contributed by atoms with E-state index in [0.717, 1.165) is 11.9 Å². The number of aromatic nitrogens is 1. The van der Waals surface area contributed by atoms with E-state index in [1.807, 2.05) is 5.51 Å². The van der Waals surface area contributed by atoms with E-state index in [9.17, 15) is 0 Å². The largest absolute Gasteiger partial charge is 0.244 e. The van der Waals surface area contributed by atoms with Crippen LogP contribution in [0.3, 0.4) is 0 Å². The Morgan fingerprint density at radius 3 is 3.00 bits per heavy atom. The SMILES string of the molecule is CCc1ccc2c(ccc3scnc32)c1. The average Bonchev–Trinajstić information content (AvgIpc) is 2.76. The molecule has 3 rings (SSSR count). The Kier molecular flexibility index (Phi) is 1.96. The Bertz CT molecular complexity index is 625. The summed E-state index contributed by atoms with van der Waals surface area (Å²) in [4.78, 5) is 4.42. The van der Waals surface area contributed by atoms with Crippen LogP contribution in [-0.4, -0.2) is 4.98 Å². The first-order valence-electron chi connectivity index (χ1n) is 5.13. The van der Waals surface area contributed by atoms with Crippen LogP contribution >= 0.6 is 11.3 Å². The Morgan fingerprint density at radius 1 is 1.20 bits per heavy atom. The van der Waals surface area contributed by atoms with Crippen molar-refractivity contribution < 1.29 is 0 Å². The fourth-order valence-electron chi connectivity index (χ4n) is 1.93. The molecule has 0 bridgehead atoms. The number of thiazole rings is 1. The molecule has 0 aliphatic carbocycles. The van der Waals surface area contributed by atoms with Gasteiger partial charge in [0.2, 0.25) is 0 Å². The molecule has 15 heavy (non-hydrogen) atoms. The highest BCUT2D eigenvalue weighted by atomic mass is 32.1. The second-order valence-electron chi connectivity index (χ2n) is 3.67. The van der Waals surface area contributed by atoms with E-state index in [4.69, 9.17) is 0 Å². The number of hydrogen-bond acceptors (Lipinski definition) is 2. The van der Waals surface area contributed by atoms with Crippen LogP contribution in [0.4, 0.5) is 0 Å². The highest BCUT2D eigenvalue weighted by Gasteiger charge is 2.02. The second-order valence-corrected chi connectivity index (χ2v) is 4.56. The molecule has 0 amide bonds. The highest BCUT2D eigenvalue weighted by Crippen LogP contribution is 2.27. The highest BCUT2D eigenvalue weighted by molar-refractivity contribution is 7.16. The summed E-state index contributed by atoms with van der Waals surface area (Å²) in [5, 5.41) is 2.57. The Balaban J connectivity index is 2.44. The van der Waals surface area contributed by atoms with E-state index < -0.39 is 0 Å². The minimum Gasteiger partial charge on any atom is -0.244 e. The van der Waals surface area contributed by atoms with E-state index >= 15 is 0 Å². The Labute approximate surface area is 92.4 Å². The molecule has 0 atom stereocenters. The van der Waals surface area contributed by atoms with Gasteiger partial charge in [0.15, 0.2) is 0 Å². The lowest BCUT2D eigenvalue weighted by molar-refractivity contribution is 1.15. The van der Waals surface area contributed by atoms with Gasteiger partial charge < -0.3 is 0 Å². The summed E-state index contributed by atoms with van der Waals surface area (Å²) in [6.07, 6.45) is 1.09. The van der Waals surface area contributed by atoms with Crippen LogP contribution < -0.4 is 0 Å². The molecule has 3 aromatic rings. The monoisotopic (exact) mass is 213 g/mol. The summed E-state index contributed by atoms with van der Waals surface area (Å²) in [5.41, 5.74) is 4.44. The van der Waals surface area contributed by atoms with Crippen molar-refractivity contribution in [3.05, 3.63) is 41.4 Å². The van der Waals surface area contributed by atoms with Crippen molar-refractivity contribution in [3.63, 3.8) is 0 Å². The van der Waals surface area contributed by atoms with Crippen molar-refractivity contribution in [2.75, 3.05) is 0 Å². The normalized spacial score (nSPS) is 11.3. The Morgan fingerprint density at radius 2 is 2.13 bits per heavy atom. The molecule has 1 heterocycles. The molecule has 0 fully saturated rings. The van der Waals surface area contributed by atoms with Gasteiger partial charge in [0.25, 0.3) is 0 Å². The minimum absolute atomic E-state index is 1.09. The molecule has 0 aliphatic heterocycles. The summed E-state index contributed by atoms with van der Waals surface area (Å²) >= 11 is 1.70. The zero-order chi connectivity index (χ0) is 10.3. The molecule has 1 nitrogen and oxygen atoms in total. The summed E-state index contributed by atoms with van der Waals surface area (Å²) in [5.74, 6) is 0. The first kappa shape index (κ1) is 8.86. The molecule has 2 aromatic carbocycles. The molecule has 0 saturated heterocycles. The zero-order valence-corrected chi connectivity index (χ0v) is 9.34. The minimum atomic E-state index is 1.09. The maximum atomic E-state index is 4.42. The van der Waals surface area contributed by atoms with Gasteiger partial charge in [-0.3, -0.25) is 0 Å². The molecule has 1 aromatic heterocycles. The number of fused-ring (bicyclic) bond motifs is 3. The van der Waals surface area contributed by atoms with E-state index in [0.29, 0.717) is 0 Å². The number of aryl methyl sites for hydroxylation is 1. The van der Waals surface area contributed by atoms with E-state index in [-0.39, 0.29) is 0 Å². The average molecular weight is 213 g/mol. The lowest BCUT2D eigenvalue weighted by Crippen LogP contribution is -1.81. The molecule has 2 heteroatoms. The van der Waals surface area contributed by atoms with Gasteiger partial charge in [-0.15, -0.1) is 11.3 Å². The van der Waals surface area contributed by atoms with Gasteiger partial charge in [-0.2, -0.15) is 0 Å². The van der Waals surface area contributed by atoms with Gasteiger partial charge in [0.05, 0.1) is 15.7 Å². The van der Waals surface area contributed by atoms with Crippen LogP contribution in [0, 0.1) is 0 Å². The fraction of sp³-hybridized carbons (Fsp3) is 0.154. The third-order valence-corrected chi connectivity index (χ3v) is 3.58. The van der Waals surface area contributed by atoms with Gasteiger partial charge in [-0.25, -0.2) is 4.98 Å². The number of benzene rings is 2. The lowest BCUT2D eigenvalue weighted by Gasteiger charge is -2.01. The quantitative estimate of drug-likeness (QED) is 0.595. The van der Waals surface area contributed by atoms with Gasteiger partial charge in [0.1, 0.15) is 0 Å². The van der Waals surface area contributed by atoms with Crippen LogP contribution in [0.25, 0.3) is 21.0 Å². The van der Waals surface area contributed by atoms with Crippen molar-refractivity contribution in [1.82, 2.24) is 4.98 Å². The molecule has 0 radical (unpaired) electrons. The van der Waals surface area contributed by atoms with E-state index in [1.54, 1.807) is 11.3 Å². The van der Waals surface area contributed by atoms with Crippen molar-refractivity contribution in [3.8, 4) is 0 Å². The van der Waals surface area contributed by atoms with Crippen molar-refractivity contribution in [2.45, 2.75) is 13.3 Å². The summed E-state index contributed by atoms with van der Waals surface area (Å²) in [6, 6.07) is 11.0. The summed E-state index contributed by atoms with van der Waals surface area (Å²) in [6.45, 7) is 2.18. The van der Waals surface area contributed by atoms with Crippen LogP contribution in [0.2, 0.25) is 0 Å². The van der Waals surface area contributed by atoms with Crippen LogP contribution in [0.15, 0.2) is 35.8 Å². The van der Waals surface area contributed by atoms with Crippen molar-refractivity contribution in [2.24, 2.45) is 0 Å². The lowest BCUT2D eigenvalue weighted by atomic mass is 10.0. The standard InChI is InChI=1S/C13H11NS/c1-2-9-3-5-11-10(7-9)4-6-12-13(11)14-8-15-12/h3-8H,2H2,1H3. The predicted octanol–water partition coefficient (Wildman–Crippen LogP) is 4.01. The topological polar surface area (TPSA) is 12.9 Å². The van der Waals surface area contributed by atoms with Gasteiger partial charge in [-0.05, 0) is 23.4 Å². The maximum absolute atomic E-state index is 4.42. The van der Waals surface area contributed by atoms with Crippen LogP contribution in [0.1, 0.15) is 12.5 Å². The molecule has 0 aliphatic rings. The fourth-order valence-corrected chi connectivity index (χ4v) is 2.62. The molecular formula is C13H11NS. The molecule has 0 N–H and O–H groups in total. The number of rotatable bonds is 1. The first-order chi connectivity index (χ1) is 7.38.